The number of aromatic hydroxyl groups is 1. The lowest BCUT2D eigenvalue weighted by molar-refractivity contribution is 0.0984. The summed E-state index contributed by atoms with van der Waals surface area (Å²) < 4.78 is 5.64. The van der Waals surface area contributed by atoms with Gasteiger partial charge in [-0.25, -0.2) is 0 Å². The highest BCUT2D eigenvalue weighted by atomic mass is 16.5. The summed E-state index contributed by atoms with van der Waals surface area (Å²) >= 11 is 0. The van der Waals surface area contributed by atoms with Gasteiger partial charge in [0.1, 0.15) is 11.5 Å². The summed E-state index contributed by atoms with van der Waals surface area (Å²) in [6, 6.07) is 14.1. The minimum atomic E-state index is -0.207. The van der Waals surface area contributed by atoms with Gasteiger partial charge in [-0.15, -0.1) is 0 Å². The predicted molar refractivity (Wildman–Crippen MR) is 76.3 cm³/mol. The molecule has 1 aliphatic heterocycles. The first-order chi connectivity index (χ1) is 9.77. The van der Waals surface area contributed by atoms with Crippen LogP contribution in [0, 0.1) is 0 Å². The van der Waals surface area contributed by atoms with Crippen molar-refractivity contribution in [3.63, 3.8) is 0 Å². The number of carbonyl (C=O) groups excluding carboxylic acids is 1. The molecule has 2 aromatic rings. The van der Waals surface area contributed by atoms with E-state index in [1.54, 1.807) is 23.1 Å². The molecule has 1 N–H and O–H groups in total. The number of carbonyl (C=O) groups is 1. The Morgan fingerprint density at radius 2 is 1.85 bits per heavy atom. The Balaban J connectivity index is 2.02. The molecule has 2 aromatic carbocycles. The molecule has 0 unspecified atom stereocenters. The lowest BCUT2D eigenvalue weighted by Crippen LogP contribution is -2.31. The Hall–Kier alpha value is -2.49. The number of hydrogen-bond acceptors (Lipinski definition) is 3. The first kappa shape index (κ1) is 12.5. The van der Waals surface area contributed by atoms with Crippen LogP contribution in [0.25, 0.3) is 0 Å². The molecule has 1 heterocycles. The van der Waals surface area contributed by atoms with Crippen LogP contribution in [-0.4, -0.2) is 24.2 Å². The van der Waals surface area contributed by atoms with Crippen LogP contribution in [0.2, 0.25) is 0 Å². The summed E-state index contributed by atoms with van der Waals surface area (Å²) in [6.45, 7) is 1.16. The average molecular weight is 269 g/mol. The Morgan fingerprint density at radius 1 is 1.10 bits per heavy atom. The molecule has 20 heavy (non-hydrogen) atoms. The maximum Gasteiger partial charge on any atom is 0.262 e. The third kappa shape index (κ3) is 2.20. The van der Waals surface area contributed by atoms with Crippen molar-refractivity contribution in [1.82, 2.24) is 0 Å². The number of fused-ring (bicyclic) bond motifs is 1. The van der Waals surface area contributed by atoms with E-state index in [-0.39, 0.29) is 11.7 Å². The smallest absolute Gasteiger partial charge is 0.262 e. The number of ether oxygens (including phenoxy) is 1. The highest BCUT2D eigenvalue weighted by Gasteiger charge is 2.24. The van der Waals surface area contributed by atoms with Gasteiger partial charge >= 0.3 is 0 Å². The lowest BCUT2D eigenvalue weighted by Gasteiger charge is -2.22. The van der Waals surface area contributed by atoms with Gasteiger partial charge < -0.3 is 14.7 Å². The van der Waals surface area contributed by atoms with Gasteiger partial charge in [-0.3, -0.25) is 4.79 Å². The fourth-order valence-electron chi connectivity index (χ4n) is 2.34. The van der Waals surface area contributed by atoms with Gasteiger partial charge in [-0.2, -0.15) is 0 Å². The minimum Gasteiger partial charge on any atom is -0.507 e. The van der Waals surface area contributed by atoms with Crippen LogP contribution in [0.15, 0.2) is 48.5 Å². The molecule has 3 rings (SSSR count). The molecule has 0 aliphatic carbocycles. The van der Waals surface area contributed by atoms with Crippen molar-refractivity contribution in [3.05, 3.63) is 54.1 Å². The Labute approximate surface area is 117 Å². The summed E-state index contributed by atoms with van der Waals surface area (Å²) in [5.41, 5.74) is 1.06. The van der Waals surface area contributed by atoms with Crippen molar-refractivity contribution >= 4 is 11.6 Å². The van der Waals surface area contributed by atoms with E-state index in [4.69, 9.17) is 4.74 Å². The number of rotatable bonds is 1. The van der Waals surface area contributed by atoms with E-state index in [2.05, 4.69) is 0 Å². The Morgan fingerprint density at radius 3 is 2.70 bits per heavy atom. The molecule has 102 valence electrons. The fourth-order valence-corrected chi connectivity index (χ4v) is 2.34. The normalized spacial score (nSPS) is 14.1. The topological polar surface area (TPSA) is 49.8 Å². The van der Waals surface area contributed by atoms with E-state index in [9.17, 15) is 9.90 Å². The molecule has 1 aliphatic rings. The van der Waals surface area contributed by atoms with Crippen molar-refractivity contribution < 1.29 is 14.6 Å². The molecule has 4 heteroatoms. The van der Waals surface area contributed by atoms with Gasteiger partial charge in [0.05, 0.1) is 17.9 Å². The van der Waals surface area contributed by atoms with Crippen molar-refractivity contribution in [2.45, 2.75) is 6.42 Å². The van der Waals surface area contributed by atoms with Crippen LogP contribution >= 0.6 is 0 Å². The number of hydrogen-bond donors (Lipinski definition) is 1. The second-order valence-electron chi connectivity index (χ2n) is 4.64. The highest BCUT2D eigenvalue weighted by molar-refractivity contribution is 6.08. The zero-order valence-corrected chi connectivity index (χ0v) is 11.0. The molecule has 0 atom stereocenters. The van der Waals surface area contributed by atoms with Gasteiger partial charge in [0.25, 0.3) is 5.91 Å². The van der Waals surface area contributed by atoms with Gasteiger partial charge in [0.2, 0.25) is 0 Å². The molecule has 0 saturated heterocycles. The number of nitrogens with zero attached hydrogens (tertiary/aromatic N) is 1. The summed E-state index contributed by atoms with van der Waals surface area (Å²) in [5.74, 6) is 0.495. The van der Waals surface area contributed by atoms with Crippen molar-refractivity contribution in [3.8, 4) is 11.5 Å². The average Bonchev–Trinajstić information content (AvgIpc) is 2.69. The summed E-state index contributed by atoms with van der Waals surface area (Å²) in [6.07, 6.45) is 0.758. The van der Waals surface area contributed by atoms with Gasteiger partial charge in [0.15, 0.2) is 0 Å². The van der Waals surface area contributed by atoms with Crippen LogP contribution in [0.4, 0.5) is 5.69 Å². The van der Waals surface area contributed by atoms with E-state index in [0.29, 0.717) is 24.5 Å². The van der Waals surface area contributed by atoms with Gasteiger partial charge in [0, 0.05) is 6.54 Å². The van der Waals surface area contributed by atoms with Crippen LogP contribution in [0.1, 0.15) is 16.8 Å². The molecule has 0 bridgehead atoms. The Bertz CT molecular complexity index is 639. The molecular weight excluding hydrogens is 254 g/mol. The molecule has 0 fully saturated rings. The lowest BCUT2D eigenvalue weighted by atomic mass is 10.1. The van der Waals surface area contributed by atoms with E-state index in [0.717, 1.165) is 12.1 Å². The number of para-hydroxylation sites is 3. The standard InChI is InChI=1S/C16H15NO3/c18-14-8-3-1-6-12(14)16(19)17-10-5-11-20-15-9-4-2-7-13(15)17/h1-4,6-9,18H,5,10-11H2. The van der Waals surface area contributed by atoms with E-state index in [1.807, 2.05) is 24.3 Å². The number of benzene rings is 2. The molecular formula is C16H15NO3. The van der Waals surface area contributed by atoms with Crippen molar-refractivity contribution in [2.24, 2.45) is 0 Å². The van der Waals surface area contributed by atoms with Crippen molar-refractivity contribution in [2.75, 3.05) is 18.1 Å². The van der Waals surface area contributed by atoms with Crippen LogP contribution in [0.5, 0.6) is 11.5 Å². The van der Waals surface area contributed by atoms with E-state index < -0.39 is 0 Å². The zero-order chi connectivity index (χ0) is 13.9. The van der Waals surface area contributed by atoms with Gasteiger partial charge in [-0.1, -0.05) is 24.3 Å². The zero-order valence-electron chi connectivity index (χ0n) is 11.0. The van der Waals surface area contributed by atoms with Crippen LogP contribution in [0.3, 0.4) is 0 Å². The number of phenols is 1. The minimum absolute atomic E-state index is 0.000136. The third-order valence-electron chi connectivity index (χ3n) is 3.32. The van der Waals surface area contributed by atoms with Crippen molar-refractivity contribution in [1.29, 1.82) is 0 Å². The molecule has 1 amide bonds. The third-order valence-corrected chi connectivity index (χ3v) is 3.32. The predicted octanol–water partition coefficient (Wildman–Crippen LogP) is 2.82. The number of anilines is 1. The maximum atomic E-state index is 12.6. The first-order valence-electron chi connectivity index (χ1n) is 6.59. The second kappa shape index (κ2) is 5.25. The Kier molecular flexibility index (Phi) is 3.29. The van der Waals surface area contributed by atoms with Crippen LogP contribution < -0.4 is 9.64 Å². The monoisotopic (exact) mass is 269 g/mol. The van der Waals surface area contributed by atoms with E-state index >= 15 is 0 Å². The highest BCUT2D eigenvalue weighted by Crippen LogP contribution is 2.32. The first-order valence-corrected chi connectivity index (χ1v) is 6.59. The molecule has 0 saturated carbocycles. The van der Waals surface area contributed by atoms with E-state index in [1.165, 1.54) is 6.07 Å². The summed E-state index contributed by atoms with van der Waals surface area (Å²) in [4.78, 5) is 14.3. The fraction of sp³-hybridized carbons (Fsp3) is 0.188. The summed E-state index contributed by atoms with van der Waals surface area (Å²) in [7, 11) is 0. The molecule has 0 spiro atoms. The SMILES string of the molecule is O=C(c1ccccc1O)N1CCCOc2ccccc21. The second-order valence-corrected chi connectivity index (χ2v) is 4.64. The quantitative estimate of drug-likeness (QED) is 0.866. The summed E-state index contributed by atoms with van der Waals surface area (Å²) in [5, 5.41) is 9.85. The number of amides is 1. The molecule has 0 aromatic heterocycles. The number of phenolic OH excluding ortho intramolecular Hbond substituents is 1. The molecule has 0 radical (unpaired) electrons. The molecule has 4 nitrogen and oxygen atoms in total. The van der Waals surface area contributed by atoms with Gasteiger partial charge in [-0.05, 0) is 30.7 Å². The largest absolute Gasteiger partial charge is 0.507 e. The van der Waals surface area contributed by atoms with Crippen LogP contribution in [-0.2, 0) is 0 Å². The maximum absolute atomic E-state index is 12.6.